The molecule has 18 heavy (non-hydrogen) atoms. The second kappa shape index (κ2) is 8.13. The van der Waals surface area contributed by atoms with Crippen molar-refractivity contribution in [3.63, 3.8) is 0 Å². The van der Waals surface area contributed by atoms with Crippen molar-refractivity contribution in [2.24, 2.45) is 5.41 Å². The van der Waals surface area contributed by atoms with Gasteiger partial charge in [0, 0.05) is 32.8 Å². The number of ether oxygens (including phenoxy) is 1. The third-order valence-electron chi connectivity index (χ3n) is 3.89. The average molecular weight is 256 g/mol. The Kier molecular flexibility index (Phi) is 7.20. The van der Waals surface area contributed by atoms with Gasteiger partial charge in [0.2, 0.25) is 0 Å². The van der Waals surface area contributed by atoms with Gasteiger partial charge in [0.05, 0.1) is 6.61 Å². The fourth-order valence-corrected chi connectivity index (χ4v) is 2.78. The van der Waals surface area contributed by atoms with Gasteiger partial charge in [0.25, 0.3) is 0 Å². The van der Waals surface area contributed by atoms with E-state index in [1.54, 1.807) is 7.11 Å². The lowest BCUT2D eigenvalue weighted by Crippen LogP contribution is -2.44. The molecule has 1 saturated carbocycles. The van der Waals surface area contributed by atoms with E-state index in [0.29, 0.717) is 5.41 Å². The molecule has 0 spiro atoms. The minimum absolute atomic E-state index is 0.404. The van der Waals surface area contributed by atoms with Crippen molar-refractivity contribution < 1.29 is 4.74 Å². The molecule has 3 nitrogen and oxygen atoms in total. The van der Waals surface area contributed by atoms with Crippen LogP contribution >= 0.6 is 0 Å². The highest BCUT2D eigenvalue weighted by Gasteiger charge is 2.34. The summed E-state index contributed by atoms with van der Waals surface area (Å²) in [5.41, 5.74) is 0.404. The molecule has 1 aliphatic rings. The van der Waals surface area contributed by atoms with Crippen molar-refractivity contribution in [2.45, 2.75) is 52.5 Å². The summed E-state index contributed by atoms with van der Waals surface area (Å²) in [5.74, 6) is 0. The molecular formula is C15H32N2O. The first kappa shape index (κ1) is 15.9. The Balaban J connectivity index is 2.48. The van der Waals surface area contributed by atoms with Crippen LogP contribution in [0, 0.1) is 5.41 Å². The van der Waals surface area contributed by atoms with Crippen LogP contribution in [0.4, 0.5) is 0 Å². The largest absolute Gasteiger partial charge is 0.383 e. The zero-order valence-electron chi connectivity index (χ0n) is 12.8. The Labute approximate surface area is 113 Å². The lowest BCUT2D eigenvalue weighted by molar-refractivity contribution is 0.101. The van der Waals surface area contributed by atoms with Crippen LogP contribution < -0.4 is 5.32 Å². The summed E-state index contributed by atoms with van der Waals surface area (Å²) < 4.78 is 5.25. The Morgan fingerprint density at radius 2 is 2.06 bits per heavy atom. The van der Waals surface area contributed by atoms with Crippen molar-refractivity contribution in [1.29, 1.82) is 0 Å². The van der Waals surface area contributed by atoms with Gasteiger partial charge >= 0.3 is 0 Å². The van der Waals surface area contributed by atoms with Gasteiger partial charge in [-0.15, -0.1) is 0 Å². The van der Waals surface area contributed by atoms with Crippen molar-refractivity contribution in [1.82, 2.24) is 10.2 Å². The normalized spacial score (nSPS) is 19.2. The minimum atomic E-state index is 0.404. The smallest absolute Gasteiger partial charge is 0.0589 e. The van der Waals surface area contributed by atoms with E-state index >= 15 is 0 Å². The molecule has 0 aromatic rings. The van der Waals surface area contributed by atoms with E-state index in [1.165, 1.54) is 32.2 Å². The monoisotopic (exact) mass is 256 g/mol. The maximum Gasteiger partial charge on any atom is 0.0589 e. The molecule has 1 atom stereocenters. The van der Waals surface area contributed by atoms with Crippen LogP contribution in [0.15, 0.2) is 0 Å². The van der Waals surface area contributed by atoms with E-state index in [2.05, 4.69) is 31.0 Å². The fourth-order valence-electron chi connectivity index (χ4n) is 2.78. The van der Waals surface area contributed by atoms with Crippen molar-refractivity contribution >= 4 is 0 Å². The molecule has 3 heteroatoms. The number of rotatable bonds is 11. The van der Waals surface area contributed by atoms with Crippen LogP contribution in [0.1, 0.15) is 46.5 Å². The van der Waals surface area contributed by atoms with Gasteiger partial charge < -0.3 is 10.1 Å². The number of nitrogens with one attached hydrogen (secondary N) is 1. The Hall–Kier alpha value is -0.120. The molecular weight excluding hydrogens is 224 g/mol. The molecule has 0 aromatic heterocycles. The van der Waals surface area contributed by atoms with Crippen molar-refractivity contribution in [2.75, 3.05) is 39.9 Å². The molecule has 0 aromatic carbocycles. The fraction of sp³-hybridized carbons (Fsp3) is 1.00. The van der Waals surface area contributed by atoms with Crippen LogP contribution in [0.2, 0.25) is 0 Å². The first-order valence-electron chi connectivity index (χ1n) is 7.59. The predicted molar refractivity (Wildman–Crippen MR) is 78.0 cm³/mol. The van der Waals surface area contributed by atoms with Crippen LogP contribution in [0.25, 0.3) is 0 Å². The molecule has 1 aliphatic carbocycles. The van der Waals surface area contributed by atoms with Gasteiger partial charge in [0.15, 0.2) is 0 Å². The zero-order valence-corrected chi connectivity index (χ0v) is 12.8. The summed E-state index contributed by atoms with van der Waals surface area (Å²) in [6.07, 6.45) is 5.33. The molecule has 1 unspecified atom stereocenters. The minimum Gasteiger partial charge on any atom is -0.383 e. The second-order valence-electron chi connectivity index (χ2n) is 6.04. The molecule has 1 rings (SSSR count). The van der Waals surface area contributed by atoms with Gasteiger partial charge in [0.1, 0.15) is 0 Å². The molecule has 0 aliphatic heterocycles. The lowest BCUT2D eigenvalue weighted by atomic mass is 9.84. The van der Waals surface area contributed by atoms with E-state index in [1.807, 2.05) is 0 Å². The number of nitrogens with zero attached hydrogens (tertiary/aromatic N) is 1. The highest BCUT2D eigenvalue weighted by molar-refractivity contribution is 4.89. The summed E-state index contributed by atoms with van der Waals surface area (Å²) in [4.78, 5) is 2.65. The summed E-state index contributed by atoms with van der Waals surface area (Å²) in [5, 5.41) is 3.54. The molecule has 0 bridgehead atoms. The van der Waals surface area contributed by atoms with E-state index in [4.69, 9.17) is 4.74 Å². The Morgan fingerprint density at radius 3 is 2.56 bits per heavy atom. The van der Waals surface area contributed by atoms with Gasteiger partial charge in [-0.3, -0.25) is 4.90 Å². The van der Waals surface area contributed by atoms with Gasteiger partial charge in [-0.05, 0) is 31.2 Å². The maximum absolute atomic E-state index is 5.25. The van der Waals surface area contributed by atoms with Crippen molar-refractivity contribution in [3.05, 3.63) is 0 Å². The highest BCUT2D eigenvalue weighted by Crippen LogP contribution is 2.32. The summed E-state index contributed by atoms with van der Waals surface area (Å²) in [7, 11) is 1.80. The number of hydrogen-bond acceptors (Lipinski definition) is 3. The number of methoxy groups -OCH3 is 1. The Morgan fingerprint density at radius 1 is 1.33 bits per heavy atom. The molecule has 108 valence electrons. The van der Waals surface area contributed by atoms with Gasteiger partial charge in [-0.25, -0.2) is 0 Å². The average Bonchev–Trinajstić information content (AvgIpc) is 3.16. The van der Waals surface area contributed by atoms with E-state index in [9.17, 15) is 0 Å². The summed E-state index contributed by atoms with van der Waals surface area (Å²) in [6.45, 7) is 12.3. The van der Waals surface area contributed by atoms with E-state index in [0.717, 1.165) is 32.3 Å². The van der Waals surface area contributed by atoms with Crippen LogP contribution in [0.3, 0.4) is 0 Å². The molecule has 1 N–H and O–H groups in total. The lowest BCUT2D eigenvalue weighted by Gasteiger charge is -2.36. The molecule has 0 heterocycles. The Bertz CT molecular complexity index is 219. The first-order valence-corrected chi connectivity index (χ1v) is 7.59. The first-order chi connectivity index (χ1) is 8.65. The number of hydrogen-bond donors (Lipinski definition) is 1. The molecule has 0 saturated heterocycles. The predicted octanol–water partition coefficient (Wildman–Crippen LogP) is 2.51. The highest BCUT2D eigenvalue weighted by atomic mass is 16.5. The second-order valence-corrected chi connectivity index (χ2v) is 6.04. The topological polar surface area (TPSA) is 24.5 Å². The molecule has 0 radical (unpaired) electrons. The summed E-state index contributed by atoms with van der Waals surface area (Å²) in [6, 6.07) is 0.831. The quantitative estimate of drug-likeness (QED) is 0.615. The molecule has 1 fully saturated rings. The summed E-state index contributed by atoms with van der Waals surface area (Å²) >= 11 is 0. The SMILES string of the molecule is CCCC(C)(CNCC)CN(CCOC)C1CC1. The van der Waals surface area contributed by atoms with Gasteiger partial charge in [-0.1, -0.05) is 27.2 Å². The van der Waals surface area contributed by atoms with Crippen LogP contribution in [-0.2, 0) is 4.74 Å². The third-order valence-corrected chi connectivity index (χ3v) is 3.89. The van der Waals surface area contributed by atoms with Crippen LogP contribution in [-0.4, -0.2) is 50.8 Å². The third kappa shape index (κ3) is 5.68. The van der Waals surface area contributed by atoms with Crippen LogP contribution in [0.5, 0.6) is 0 Å². The zero-order chi connectivity index (χ0) is 13.4. The van der Waals surface area contributed by atoms with E-state index in [-0.39, 0.29) is 0 Å². The van der Waals surface area contributed by atoms with Crippen molar-refractivity contribution in [3.8, 4) is 0 Å². The van der Waals surface area contributed by atoms with E-state index < -0.39 is 0 Å². The maximum atomic E-state index is 5.25. The standard InChI is InChI=1S/C15H32N2O/c1-5-9-15(3,12-16-6-2)13-17(10-11-18-4)14-7-8-14/h14,16H,5-13H2,1-4H3. The van der Waals surface area contributed by atoms with Gasteiger partial charge in [-0.2, -0.15) is 0 Å². The molecule has 0 amide bonds.